The SMILES string of the molecule is N[C@H](c1cc(Cl)ccc1O)[C@@H](O)C1CCCC1. The van der Waals surface area contributed by atoms with Crippen LogP contribution in [0.25, 0.3) is 0 Å². The molecule has 94 valence electrons. The summed E-state index contributed by atoms with van der Waals surface area (Å²) in [5.41, 5.74) is 6.54. The molecule has 1 aliphatic carbocycles. The van der Waals surface area contributed by atoms with Crippen LogP contribution in [0.3, 0.4) is 0 Å². The van der Waals surface area contributed by atoms with E-state index >= 15 is 0 Å². The van der Waals surface area contributed by atoms with Gasteiger partial charge in [0.2, 0.25) is 0 Å². The van der Waals surface area contributed by atoms with Gasteiger partial charge < -0.3 is 15.9 Å². The van der Waals surface area contributed by atoms with Gasteiger partial charge in [0.1, 0.15) is 5.75 Å². The minimum atomic E-state index is -0.609. The first-order valence-corrected chi connectivity index (χ1v) is 6.39. The van der Waals surface area contributed by atoms with Crippen LogP contribution in [-0.4, -0.2) is 16.3 Å². The molecule has 3 nitrogen and oxygen atoms in total. The molecule has 1 saturated carbocycles. The lowest BCUT2D eigenvalue weighted by Crippen LogP contribution is -2.32. The van der Waals surface area contributed by atoms with Crippen molar-refractivity contribution in [3.05, 3.63) is 28.8 Å². The lowest BCUT2D eigenvalue weighted by Gasteiger charge is -2.25. The minimum absolute atomic E-state index is 0.0962. The van der Waals surface area contributed by atoms with E-state index in [9.17, 15) is 10.2 Å². The molecular formula is C13H18ClNO2. The normalized spacial score (nSPS) is 20.4. The number of phenolic OH excluding ortho intramolecular Hbond substituents is 1. The number of hydrogen-bond acceptors (Lipinski definition) is 3. The Hall–Kier alpha value is -0.770. The van der Waals surface area contributed by atoms with E-state index in [1.807, 2.05) is 0 Å². The van der Waals surface area contributed by atoms with Crippen LogP contribution in [0.1, 0.15) is 37.3 Å². The molecule has 0 saturated heterocycles. The molecular weight excluding hydrogens is 238 g/mol. The third-order valence-electron chi connectivity index (χ3n) is 3.60. The maximum absolute atomic E-state index is 10.2. The van der Waals surface area contributed by atoms with Crippen LogP contribution < -0.4 is 5.73 Å². The fraction of sp³-hybridized carbons (Fsp3) is 0.538. The number of aliphatic hydroxyl groups is 1. The van der Waals surface area contributed by atoms with Crippen molar-refractivity contribution >= 4 is 11.6 Å². The number of rotatable bonds is 3. The topological polar surface area (TPSA) is 66.5 Å². The highest BCUT2D eigenvalue weighted by Gasteiger charge is 2.29. The van der Waals surface area contributed by atoms with Crippen molar-refractivity contribution in [2.24, 2.45) is 11.7 Å². The third kappa shape index (κ3) is 2.73. The molecule has 17 heavy (non-hydrogen) atoms. The summed E-state index contributed by atoms with van der Waals surface area (Å²) in [5.74, 6) is 0.335. The number of aliphatic hydroxyl groups excluding tert-OH is 1. The Kier molecular flexibility index (Phi) is 3.92. The first-order valence-electron chi connectivity index (χ1n) is 6.01. The van der Waals surface area contributed by atoms with Gasteiger partial charge in [-0.05, 0) is 37.0 Å². The van der Waals surface area contributed by atoms with Crippen LogP contribution in [0.5, 0.6) is 5.75 Å². The van der Waals surface area contributed by atoms with E-state index in [4.69, 9.17) is 17.3 Å². The predicted octanol–water partition coefficient (Wildman–Crippen LogP) is 2.60. The maximum Gasteiger partial charge on any atom is 0.120 e. The minimum Gasteiger partial charge on any atom is -0.508 e. The molecule has 0 amide bonds. The molecule has 2 atom stereocenters. The molecule has 0 spiro atoms. The second kappa shape index (κ2) is 5.25. The van der Waals surface area contributed by atoms with E-state index in [2.05, 4.69) is 0 Å². The van der Waals surface area contributed by atoms with Crippen LogP contribution in [-0.2, 0) is 0 Å². The maximum atomic E-state index is 10.2. The van der Waals surface area contributed by atoms with Crippen molar-refractivity contribution < 1.29 is 10.2 Å². The van der Waals surface area contributed by atoms with Gasteiger partial charge in [0.25, 0.3) is 0 Å². The summed E-state index contributed by atoms with van der Waals surface area (Å²) >= 11 is 5.88. The first-order chi connectivity index (χ1) is 8.09. The molecule has 0 radical (unpaired) electrons. The summed E-state index contributed by atoms with van der Waals surface area (Å²) in [6, 6.07) is 4.17. The molecule has 1 aromatic carbocycles. The molecule has 2 rings (SSSR count). The Morgan fingerprint density at radius 1 is 1.29 bits per heavy atom. The lowest BCUT2D eigenvalue weighted by atomic mass is 9.90. The van der Waals surface area contributed by atoms with Gasteiger partial charge in [0.05, 0.1) is 12.1 Å². The average molecular weight is 256 g/mol. The standard InChI is InChI=1S/C13H18ClNO2/c14-9-5-6-11(16)10(7-9)12(15)13(17)8-3-1-2-4-8/h5-8,12-13,16-17H,1-4,15H2/t12-,13+/m1/s1. The zero-order valence-electron chi connectivity index (χ0n) is 9.64. The van der Waals surface area contributed by atoms with E-state index < -0.39 is 12.1 Å². The van der Waals surface area contributed by atoms with Crippen LogP contribution in [0.15, 0.2) is 18.2 Å². The number of halogens is 1. The second-order valence-electron chi connectivity index (χ2n) is 4.76. The van der Waals surface area contributed by atoms with Gasteiger partial charge >= 0.3 is 0 Å². The van der Waals surface area contributed by atoms with Crippen molar-refractivity contribution in [3.8, 4) is 5.75 Å². The monoisotopic (exact) mass is 255 g/mol. The van der Waals surface area contributed by atoms with E-state index in [0.717, 1.165) is 25.7 Å². The van der Waals surface area contributed by atoms with Crippen molar-refractivity contribution in [3.63, 3.8) is 0 Å². The van der Waals surface area contributed by atoms with E-state index in [1.54, 1.807) is 12.1 Å². The fourth-order valence-electron chi connectivity index (χ4n) is 2.57. The molecule has 1 fully saturated rings. The van der Waals surface area contributed by atoms with Crippen molar-refractivity contribution in [1.29, 1.82) is 0 Å². The van der Waals surface area contributed by atoms with Gasteiger partial charge in [-0.15, -0.1) is 0 Å². The molecule has 1 aromatic rings. The smallest absolute Gasteiger partial charge is 0.120 e. The molecule has 0 heterocycles. The summed E-state index contributed by atoms with van der Waals surface area (Å²) < 4.78 is 0. The Balaban J connectivity index is 2.17. The van der Waals surface area contributed by atoms with Crippen LogP contribution >= 0.6 is 11.6 Å². The summed E-state index contributed by atoms with van der Waals surface area (Å²) in [4.78, 5) is 0. The highest BCUT2D eigenvalue weighted by Crippen LogP contribution is 2.35. The molecule has 0 unspecified atom stereocenters. The van der Waals surface area contributed by atoms with Gasteiger partial charge in [-0.1, -0.05) is 24.4 Å². The van der Waals surface area contributed by atoms with Crippen molar-refractivity contribution in [2.45, 2.75) is 37.8 Å². The summed E-state index contributed by atoms with van der Waals surface area (Å²) in [6.07, 6.45) is 3.71. The summed E-state index contributed by atoms with van der Waals surface area (Å²) in [7, 11) is 0. The highest BCUT2D eigenvalue weighted by atomic mass is 35.5. The van der Waals surface area contributed by atoms with Gasteiger partial charge in [0, 0.05) is 10.6 Å². The largest absolute Gasteiger partial charge is 0.508 e. The van der Waals surface area contributed by atoms with Crippen LogP contribution in [0.2, 0.25) is 5.02 Å². The molecule has 4 heteroatoms. The second-order valence-corrected chi connectivity index (χ2v) is 5.20. The molecule has 1 aliphatic rings. The Morgan fingerprint density at radius 3 is 2.59 bits per heavy atom. The Bertz CT molecular complexity index is 391. The Morgan fingerprint density at radius 2 is 1.94 bits per heavy atom. The van der Waals surface area contributed by atoms with E-state index in [1.165, 1.54) is 6.07 Å². The van der Waals surface area contributed by atoms with Crippen LogP contribution in [0, 0.1) is 5.92 Å². The van der Waals surface area contributed by atoms with Gasteiger partial charge in [0.15, 0.2) is 0 Å². The van der Waals surface area contributed by atoms with Gasteiger partial charge in [-0.2, -0.15) is 0 Å². The summed E-state index contributed by atoms with van der Waals surface area (Å²) in [5, 5.41) is 20.5. The van der Waals surface area contributed by atoms with Gasteiger partial charge in [-0.25, -0.2) is 0 Å². The number of hydrogen-bond donors (Lipinski definition) is 3. The zero-order chi connectivity index (χ0) is 12.4. The van der Waals surface area contributed by atoms with Crippen molar-refractivity contribution in [1.82, 2.24) is 0 Å². The average Bonchev–Trinajstić information content (AvgIpc) is 2.84. The number of phenols is 1. The third-order valence-corrected chi connectivity index (χ3v) is 3.83. The lowest BCUT2D eigenvalue weighted by molar-refractivity contribution is 0.0836. The Labute approximate surface area is 106 Å². The first kappa shape index (κ1) is 12.7. The van der Waals surface area contributed by atoms with E-state index in [-0.39, 0.29) is 11.7 Å². The molecule has 0 bridgehead atoms. The molecule has 0 aromatic heterocycles. The van der Waals surface area contributed by atoms with Gasteiger partial charge in [-0.3, -0.25) is 0 Å². The number of nitrogens with two attached hydrogens (primary N) is 1. The van der Waals surface area contributed by atoms with Crippen LogP contribution in [0.4, 0.5) is 0 Å². The fourth-order valence-corrected chi connectivity index (χ4v) is 2.75. The van der Waals surface area contributed by atoms with Crippen molar-refractivity contribution in [2.75, 3.05) is 0 Å². The molecule has 4 N–H and O–H groups in total. The number of benzene rings is 1. The van der Waals surface area contributed by atoms with E-state index in [0.29, 0.717) is 10.6 Å². The highest BCUT2D eigenvalue weighted by molar-refractivity contribution is 6.30. The predicted molar refractivity (Wildman–Crippen MR) is 68.0 cm³/mol. The number of aromatic hydroxyl groups is 1. The molecule has 0 aliphatic heterocycles. The summed E-state index contributed by atoms with van der Waals surface area (Å²) in [6.45, 7) is 0. The zero-order valence-corrected chi connectivity index (χ0v) is 10.4. The quantitative estimate of drug-likeness (QED) is 0.778.